The summed E-state index contributed by atoms with van der Waals surface area (Å²) in [6.07, 6.45) is 2.69. The van der Waals surface area contributed by atoms with Gasteiger partial charge in [0.05, 0.1) is 24.1 Å². The molecule has 0 spiro atoms. The minimum atomic E-state index is 0. The van der Waals surface area contributed by atoms with Crippen molar-refractivity contribution in [2.45, 2.75) is 32.9 Å². The van der Waals surface area contributed by atoms with Crippen LogP contribution in [-0.2, 0) is 25.8 Å². The minimum Gasteiger partial charge on any atom is -0.666 e. The maximum absolute atomic E-state index is 5.61. The van der Waals surface area contributed by atoms with Crippen molar-refractivity contribution in [1.82, 2.24) is 9.78 Å². The Balaban J connectivity index is 0.00000256. The van der Waals surface area contributed by atoms with Gasteiger partial charge in [0, 0.05) is 19.1 Å². The molecular formula is C10H20CsN5S. The Labute approximate surface area is 168 Å². The fourth-order valence-corrected chi connectivity index (χ4v) is 1.84. The van der Waals surface area contributed by atoms with E-state index in [1.807, 2.05) is 11.6 Å². The molecule has 0 aliphatic carbocycles. The Morgan fingerprint density at radius 2 is 2.18 bits per heavy atom. The zero-order valence-corrected chi connectivity index (χ0v) is 18.0. The molecule has 17 heavy (non-hydrogen) atoms. The average Bonchev–Trinajstić information content (AvgIpc) is 2.70. The van der Waals surface area contributed by atoms with Gasteiger partial charge in [-0.3, -0.25) is 4.68 Å². The van der Waals surface area contributed by atoms with Gasteiger partial charge in [-0.25, -0.2) is 0 Å². The third-order valence-electron chi connectivity index (χ3n) is 2.58. The maximum Gasteiger partial charge on any atom is 1.00 e. The Kier molecular flexibility index (Phi) is 10.00. The van der Waals surface area contributed by atoms with Gasteiger partial charge in [0.1, 0.15) is 0 Å². The Morgan fingerprint density at radius 1 is 1.53 bits per heavy atom. The van der Waals surface area contributed by atoms with E-state index in [1.54, 1.807) is 10.5 Å². The van der Waals surface area contributed by atoms with Gasteiger partial charge in [-0.15, -0.1) is 0 Å². The van der Waals surface area contributed by atoms with E-state index in [-0.39, 0.29) is 74.9 Å². The van der Waals surface area contributed by atoms with Crippen molar-refractivity contribution in [2.24, 2.45) is 11.5 Å². The fourth-order valence-electron chi connectivity index (χ4n) is 1.60. The second-order valence-corrected chi connectivity index (χ2v) is 4.15. The molecule has 5 nitrogen and oxygen atoms in total. The van der Waals surface area contributed by atoms with Crippen LogP contribution in [0.1, 0.15) is 19.5 Å². The second kappa shape index (κ2) is 9.27. The molecule has 1 aromatic heterocycles. The predicted molar refractivity (Wildman–Crippen MR) is 69.0 cm³/mol. The van der Waals surface area contributed by atoms with Crippen LogP contribution in [0, 0.1) is 0 Å². The summed E-state index contributed by atoms with van der Waals surface area (Å²) in [5.74, 6) is 0. The van der Waals surface area contributed by atoms with Crippen molar-refractivity contribution in [3.05, 3.63) is 11.9 Å². The van der Waals surface area contributed by atoms with Crippen molar-refractivity contribution in [2.75, 3.05) is 17.4 Å². The number of aromatic nitrogens is 2. The zero-order chi connectivity index (χ0) is 12.1. The molecule has 0 bridgehead atoms. The van der Waals surface area contributed by atoms with Gasteiger partial charge in [0.15, 0.2) is 0 Å². The molecular weight excluding hydrogens is 355 g/mol. The molecule has 1 atom stereocenters. The van der Waals surface area contributed by atoms with E-state index in [0.29, 0.717) is 13.1 Å². The maximum atomic E-state index is 5.61. The van der Waals surface area contributed by atoms with Crippen molar-refractivity contribution in [3.8, 4) is 0 Å². The van der Waals surface area contributed by atoms with E-state index in [2.05, 4.69) is 12.0 Å². The Hall–Kier alpha value is 1.33. The van der Waals surface area contributed by atoms with Crippen molar-refractivity contribution in [3.63, 3.8) is 0 Å². The predicted octanol–water partition coefficient (Wildman–Crippen LogP) is -2.98. The van der Waals surface area contributed by atoms with Crippen LogP contribution in [0.15, 0.2) is 6.20 Å². The summed E-state index contributed by atoms with van der Waals surface area (Å²) < 4.78 is 3.68. The summed E-state index contributed by atoms with van der Waals surface area (Å²) in [6, 6.07) is 0.135. The first-order valence-corrected chi connectivity index (χ1v) is 5.93. The van der Waals surface area contributed by atoms with E-state index in [0.717, 1.165) is 24.3 Å². The number of hydrogen-bond donors (Lipinski definition) is 2. The molecule has 0 saturated carbocycles. The van der Waals surface area contributed by atoms with Gasteiger partial charge in [0.25, 0.3) is 0 Å². The largest absolute Gasteiger partial charge is 1.00 e. The van der Waals surface area contributed by atoms with Crippen molar-refractivity contribution >= 4 is 18.5 Å². The van der Waals surface area contributed by atoms with Crippen LogP contribution < -0.4 is 84.7 Å². The Morgan fingerprint density at radius 3 is 2.65 bits per heavy atom. The van der Waals surface area contributed by atoms with Crippen LogP contribution in [-0.4, -0.2) is 28.9 Å². The first-order valence-electron chi connectivity index (χ1n) is 5.56. The molecule has 0 aromatic carbocycles. The summed E-state index contributed by atoms with van der Waals surface area (Å²) in [5.41, 5.74) is 13.2. The molecule has 1 aromatic rings. The molecule has 1 unspecified atom stereocenters. The molecule has 7 heteroatoms. The topological polar surface area (TPSA) is 73.1 Å². The number of nitrogens with two attached hydrogens (primary N) is 2. The Bertz CT molecular complexity index is 330. The van der Waals surface area contributed by atoms with E-state index in [9.17, 15) is 0 Å². The van der Waals surface area contributed by atoms with E-state index < -0.39 is 0 Å². The standard InChI is InChI=1S/C10H20N5S.Cs/c1-3-9-10(15(16)8(2)6-12)7-13-14(9)5-4-11;/h7-8H,3-6,11-12H2,1-2H3;/q-1;+1. The fraction of sp³-hybridized carbons (Fsp3) is 0.700. The summed E-state index contributed by atoms with van der Waals surface area (Å²) in [4.78, 5) is 0. The molecule has 0 amide bonds. The number of anilines is 1. The first kappa shape index (κ1) is 18.3. The summed E-state index contributed by atoms with van der Waals surface area (Å²) in [6.45, 7) is 5.94. The normalized spacial score (nSPS) is 12.1. The van der Waals surface area contributed by atoms with Crippen LogP contribution in [0.3, 0.4) is 0 Å². The number of hydrogen-bond acceptors (Lipinski definition) is 5. The second-order valence-electron chi connectivity index (χ2n) is 3.75. The van der Waals surface area contributed by atoms with Crippen molar-refractivity contribution < 1.29 is 68.9 Å². The molecule has 0 aliphatic heterocycles. The van der Waals surface area contributed by atoms with Gasteiger partial charge in [-0.2, -0.15) is 5.10 Å². The van der Waals surface area contributed by atoms with E-state index in [4.69, 9.17) is 24.3 Å². The monoisotopic (exact) mass is 375 g/mol. The summed E-state index contributed by atoms with van der Waals surface area (Å²) in [7, 11) is 0. The molecule has 4 N–H and O–H groups in total. The molecule has 1 heterocycles. The summed E-state index contributed by atoms with van der Waals surface area (Å²) in [5, 5.41) is 4.30. The van der Waals surface area contributed by atoms with Crippen molar-refractivity contribution in [1.29, 1.82) is 0 Å². The zero-order valence-electron chi connectivity index (χ0n) is 10.9. The number of rotatable bonds is 6. The molecule has 0 fully saturated rings. The molecule has 92 valence electrons. The van der Waals surface area contributed by atoms with Gasteiger partial charge >= 0.3 is 68.9 Å². The van der Waals surface area contributed by atoms with Crippen LogP contribution in [0.25, 0.3) is 0 Å². The van der Waals surface area contributed by atoms with E-state index in [1.165, 1.54) is 0 Å². The molecule has 0 aliphatic rings. The first-order chi connectivity index (χ1) is 7.65. The number of nitrogens with zero attached hydrogens (tertiary/aromatic N) is 3. The molecule has 0 saturated heterocycles. The van der Waals surface area contributed by atoms with Crippen LogP contribution in [0.2, 0.25) is 0 Å². The molecule has 1 rings (SSSR count). The smallest absolute Gasteiger partial charge is 0.666 e. The quantitative estimate of drug-likeness (QED) is 0.520. The molecule has 0 radical (unpaired) electrons. The van der Waals surface area contributed by atoms with Crippen LogP contribution in [0.4, 0.5) is 5.69 Å². The third-order valence-corrected chi connectivity index (χ3v) is 3.14. The van der Waals surface area contributed by atoms with E-state index >= 15 is 0 Å². The SMILES string of the molecule is CCc1c(N([S-])C(C)CN)cnn1CCN.[Cs+]. The van der Waals surface area contributed by atoms with Crippen LogP contribution in [0.5, 0.6) is 0 Å². The third kappa shape index (κ3) is 4.74. The average molecular weight is 375 g/mol. The van der Waals surface area contributed by atoms with Gasteiger partial charge in [0.2, 0.25) is 0 Å². The summed E-state index contributed by atoms with van der Waals surface area (Å²) >= 11 is 5.35. The minimum absolute atomic E-state index is 0. The van der Waals surface area contributed by atoms with Gasteiger partial charge in [-0.05, 0) is 13.3 Å². The van der Waals surface area contributed by atoms with Gasteiger partial charge < -0.3 is 28.6 Å². The van der Waals surface area contributed by atoms with Crippen LogP contribution >= 0.6 is 0 Å². The van der Waals surface area contributed by atoms with Gasteiger partial charge in [-0.1, -0.05) is 6.92 Å².